The summed E-state index contributed by atoms with van der Waals surface area (Å²) in [5, 5.41) is 29.5. The van der Waals surface area contributed by atoms with E-state index in [9.17, 15) is 61.5 Å². The standard InChI is InChI=1S/C79H121N13O22S2/c1-14-53(6)68(62(106-11)47-65(94)91-32-19-23-60(91)69(107-12)54(7)70(95)86-58(72-82-31-45-115-72)46-55-20-16-15-17-21-55)90(10)73(97)66(51(2)3)88-76(101)79(8,9)89-78(103)114-50-56-24-26-57(27-25-56)92(61(75(99)100)22-18-29-83-77(80)102)74(98)67(52(4)5)87-63(93)28-33-108-35-37-110-39-41-112-43-44-113-42-40-111-38-36-109-34-30-81-71(96)59-48-85-64(49-84-59)116(13,104)105/h15-17,20-21,24-27,31,45,48-49,51-54,58,60-62,66-69H,14,18-19,22-23,28-30,32-44,46-47,50H2,1-13H3,(H,81,96)(H,86,95)(H,87,93)(H,88,101)(H,89,103)(H,99,100)(H3,80,83,102)/t53-,54+,58-,60-,61-,62+,66-,67-,68-,69+/m0/s1. The van der Waals surface area contributed by atoms with E-state index in [4.69, 9.17) is 48.4 Å². The van der Waals surface area contributed by atoms with Gasteiger partial charge in [-0.3, -0.25) is 38.5 Å². The van der Waals surface area contributed by atoms with Crippen molar-refractivity contribution in [2.75, 3.05) is 131 Å². The Bertz CT molecular complexity index is 3810. The molecule has 0 aliphatic carbocycles. The van der Waals surface area contributed by atoms with Gasteiger partial charge >= 0.3 is 18.1 Å². The fourth-order valence-corrected chi connectivity index (χ4v) is 14.1. The van der Waals surface area contributed by atoms with Crippen LogP contribution in [0.3, 0.4) is 0 Å². The predicted octanol–water partition coefficient (Wildman–Crippen LogP) is 4.80. The van der Waals surface area contributed by atoms with Crippen LogP contribution in [0.5, 0.6) is 0 Å². The van der Waals surface area contributed by atoms with Crippen LogP contribution in [0.4, 0.5) is 15.3 Å². The summed E-state index contributed by atoms with van der Waals surface area (Å²) in [6, 6.07) is 9.66. The summed E-state index contributed by atoms with van der Waals surface area (Å²) >= 11 is 1.46. The minimum atomic E-state index is -3.53. The highest BCUT2D eigenvalue weighted by Gasteiger charge is 2.45. The van der Waals surface area contributed by atoms with Gasteiger partial charge in [-0.05, 0) is 87.0 Å². The maximum Gasteiger partial charge on any atom is 0.408 e. The number of carbonyl (C=O) groups is 10. The third-order valence-electron chi connectivity index (χ3n) is 19.5. The number of alkyl carbamates (subject to hydrolysis) is 1. The Balaban J connectivity index is 1.07. The average Bonchev–Trinajstić information content (AvgIpc) is 1.06. The number of nitrogens with one attached hydrogen (secondary N) is 6. The summed E-state index contributed by atoms with van der Waals surface area (Å²) in [4.78, 5) is 153. The Morgan fingerprint density at radius 2 is 1.31 bits per heavy atom. The van der Waals surface area contributed by atoms with Gasteiger partial charge in [0.05, 0.1) is 134 Å². The molecule has 0 radical (unpaired) electrons. The minimum Gasteiger partial charge on any atom is -0.480 e. The number of hydrogen-bond donors (Lipinski definition) is 8. The van der Waals surface area contributed by atoms with E-state index in [-0.39, 0.29) is 132 Å². The zero-order valence-corrected chi connectivity index (χ0v) is 70.6. The molecule has 116 heavy (non-hydrogen) atoms. The van der Waals surface area contributed by atoms with Crippen LogP contribution in [0.2, 0.25) is 0 Å². The largest absolute Gasteiger partial charge is 0.480 e. The number of carboxylic acids is 1. The number of methoxy groups -OCH3 is 2. The molecule has 10 amide bonds. The van der Waals surface area contributed by atoms with Gasteiger partial charge in [0.15, 0.2) is 14.9 Å². The van der Waals surface area contributed by atoms with Crippen LogP contribution >= 0.6 is 11.3 Å². The Morgan fingerprint density at radius 1 is 0.716 bits per heavy atom. The normalized spacial score (nSPS) is 15.4. The first-order valence-corrected chi connectivity index (χ1v) is 41.9. The van der Waals surface area contributed by atoms with Crippen LogP contribution in [-0.4, -0.2) is 272 Å². The molecule has 2 aromatic carbocycles. The van der Waals surface area contributed by atoms with E-state index < -0.39 is 123 Å². The molecule has 9 N–H and O–H groups in total. The molecule has 1 aliphatic heterocycles. The van der Waals surface area contributed by atoms with Crippen LogP contribution in [-0.2, 0) is 99.1 Å². The van der Waals surface area contributed by atoms with Crippen molar-refractivity contribution in [1.82, 2.24) is 56.7 Å². The summed E-state index contributed by atoms with van der Waals surface area (Å²) < 4.78 is 74.0. The summed E-state index contributed by atoms with van der Waals surface area (Å²) in [5.41, 5.74) is 5.14. The monoisotopic (exact) mass is 1670 g/mol. The molecule has 4 aromatic rings. The first kappa shape index (κ1) is 97.7. The van der Waals surface area contributed by atoms with Gasteiger partial charge < -0.3 is 95.2 Å². The number of carboxylic acid groups (broad SMARTS) is 1. The first-order chi connectivity index (χ1) is 55.2. The van der Waals surface area contributed by atoms with Gasteiger partial charge in [0.1, 0.15) is 41.0 Å². The Labute approximate surface area is 684 Å². The van der Waals surface area contributed by atoms with Crippen molar-refractivity contribution in [3.63, 3.8) is 0 Å². The molecule has 1 saturated heterocycles. The van der Waals surface area contributed by atoms with Gasteiger partial charge in [0, 0.05) is 70.8 Å². The van der Waals surface area contributed by atoms with E-state index in [2.05, 4.69) is 46.9 Å². The second-order valence-electron chi connectivity index (χ2n) is 29.4. The van der Waals surface area contributed by atoms with E-state index in [1.165, 1.54) is 61.5 Å². The predicted molar refractivity (Wildman–Crippen MR) is 429 cm³/mol. The summed E-state index contributed by atoms with van der Waals surface area (Å²) in [6.45, 7) is 18.8. The molecule has 35 nitrogen and oxygen atoms in total. The third-order valence-corrected chi connectivity index (χ3v) is 21.4. The minimum absolute atomic E-state index is 0.00227. The SMILES string of the molecule is CC[C@H](C)[C@@H]([C@@H](CC(=O)N1CCC[C@H]1[C@H](OC)[C@@H](C)C(=O)N[C@@H](Cc1ccccc1)c1nccs1)OC)N(C)C(=O)[C@@H](NC(=O)C(C)(C)NC(=O)OCc1ccc(N(C(=O)[C@@H](NC(=O)CCOCCOCCOCCOCCOCCOCCNC(=O)c2cnc(S(C)(=O)=O)cn2)C(C)C)[C@@H](CCCNC(N)=O)C(=O)O)cc1)C(C)C. The lowest BCUT2D eigenvalue weighted by Gasteiger charge is -2.41. The molecule has 3 heterocycles. The first-order valence-electron chi connectivity index (χ1n) is 39.1. The van der Waals surface area contributed by atoms with Gasteiger partial charge in [0.25, 0.3) is 11.8 Å². The summed E-state index contributed by atoms with van der Waals surface area (Å²) in [7, 11) is 1.12. The van der Waals surface area contributed by atoms with Crippen LogP contribution in [0.15, 0.2) is 83.6 Å². The molecule has 0 unspecified atom stereocenters. The van der Waals surface area contributed by atoms with Crippen molar-refractivity contribution in [2.24, 2.45) is 29.4 Å². The number of likely N-dealkylation sites (tertiary alicyclic amines) is 1. The number of anilines is 1. The van der Waals surface area contributed by atoms with Gasteiger partial charge in [-0.15, -0.1) is 11.3 Å². The fraction of sp³-hybridized carbons (Fsp3) is 0.633. The Morgan fingerprint density at radius 3 is 1.84 bits per heavy atom. The second kappa shape index (κ2) is 50.6. The van der Waals surface area contributed by atoms with E-state index >= 15 is 0 Å². The number of carbonyl (C=O) groups excluding carboxylic acids is 9. The zero-order chi connectivity index (χ0) is 85.5. The van der Waals surface area contributed by atoms with Gasteiger partial charge in [-0.25, -0.2) is 37.8 Å². The molecule has 0 saturated carbocycles. The number of rotatable bonds is 55. The average molecular weight is 1670 g/mol. The van der Waals surface area contributed by atoms with Gasteiger partial charge in [-0.2, -0.15) is 0 Å². The van der Waals surface area contributed by atoms with E-state index in [0.29, 0.717) is 70.8 Å². The number of primary amides is 1. The number of likely N-dealkylation sites (N-methyl/N-ethyl adjacent to an activating group) is 1. The number of urea groups is 1. The fourth-order valence-electron chi connectivity index (χ4n) is 12.9. The van der Waals surface area contributed by atoms with Crippen molar-refractivity contribution in [1.29, 1.82) is 0 Å². The lowest BCUT2D eigenvalue weighted by molar-refractivity contribution is -0.148. The van der Waals surface area contributed by atoms with Crippen LogP contribution in [0.25, 0.3) is 0 Å². The molecule has 1 fully saturated rings. The Kier molecular flexibility index (Phi) is 42.6. The number of hydrogen-bond acceptors (Lipinski definition) is 25. The third kappa shape index (κ3) is 32.5. The van der Waals surface area contributed by atoms with Crippen molar-refractivity contribution in [2.45, 2.75) is 179 Å². The molecular formula is C79H121N13O22S2. The number of aromatic nitrogens is 3. The van der Waals surface area contributed by atoms with E-state index in [1.807, 2.05) is 49.6 Å². The highest BCUT2D eigenvalue weighted by Crippen LogP contribution is 2.32. The van der Waals surface area contributed by atoms with Gasteiger partial charge in [-0.1, -0.05) is 97.4 Å². The zero-order valence-electron chi connectivity index (χ0n) is 69.0. The smallest absolute Gasteiger partial charge is 0.408 e. The van der Waals surface area contributed by atoms with Crippen molar-refractivity contribution >= 4 is 86.3 Å². The molecular weight excluding hydrogens is 1550 g/mol. The topological polar surface area (TPSA) is 455 Å². The lowest BCUT2D eigenvalue weighted by Crippen LogP contribution is -2.62. The van der Waals surface area contributed by atoms with Crippen molar-refractivity contribution in [3.05, 3.63) is 100 Å². The molecule has 646 valence electrons. The quantitative estimate of drug-likeness (QED) is 0.0275. The van der Waals surface area contributed by atoms with E-state index in [1.54, 1.807) is 59.9 Å². The number of thiazole rings is 1. The van der Waals surface area contributed by atoms with Crippen LogP contribution in [0.1, 0.15) is 140 Å². The number of benzene rings is 2. The molecule has 2 aromatic heterocycles. The molecule has 1 aliphatic rings. The maximum absolute atomic E-state index is 14.8. The molecule has 5 rings (SSSR count). The molecule has 0 bridgehead atoms. The Hall–Kier alpha value is -8.92. The summed E-state index contributed by atoms with van der Waals surface area (Å²) in [6.07, 6.45) is 4.48. The summed E-state index contributed by atoms with van der Waals surface area (Å²) in [5.74, 6) is -6.68. The van der Waals surface area contributed by atoms with Crippen LogP contribution in [0, 0.1) is 23.7 Å². The highest BCUT2D eigenvalue weighted by molar-refractivity contribution is 7.90. The lowest BCUT2D eigenvalue weighted by atomic mass is 9.89. The number of nitrogens with two attached hydrogens (primary N) is 1. The number of amides is 10. The van der Waals surface area contributed by atoms with Crippen LogP contribution < -0.4 is 42.5 Å². The second-order valence-corrected chi connectivity index (χ2v) is 32.3. The number of aliphatic carboxylic acids is 1. The number of ether oxygens (including phenoxy) is 9. The maximum atomic E-state index is 14.8. The van der Waals surface area contributed by atoms with Crippen molar-refractivity contribution < 1.29 is 104 Å². The van der Waals surface area contributed by atoms with Crippen molar-refractivity contribution in [3.8, 4) is 0 Å². The molecule has 37 heteroatoms. The van der Waals surface area contributed by atoms with Gasteiger partial charge in [0.2, 0.25) is 29.5 Å². The number of sulfone groups is 1. The molecule has 10 atom stereocenters. The highest BCUT2D eigenvalue weighted by atomic mass is 32.2. The molecule has 0 spiro atoms. The number of nitrogens with zero attached hydrogens (tertiary/aromatic N) is 6. The van der Waals surface area contributed by atoms with E-state index in [0.717, 1.165) is 34.1 Å².